The van der Waals surface area contributed by atoms with Crippen molar-refractivity contribution in [1.82, 2.24) is 14.5 Å². The maximum absolute atomic E-state index is 8.44. The minimum absolute atomic E-state index is 0. The number of para-hydroxylation sites is 3. The van der Waals surface area contributed by atoms with E-state index < -0.39 is 19.2 Å². The molecular weight excluding hydrogens is 875 g/mol. The Morgan fingerprint density at radius 1 is 0.750 bits per heavy atom. The van der Waals surface area contributed by atoms with Crippen molar-refractivity contribution < 1.29 is 25.9 Å². The fraction of sp³-hybridized carbons (Fsp3) is 0.130. The van der Waals surface area contributed by atoms with Crippen LogP contribution in [0.25, 0.3) is 72.1 Å². The van der Waals surface area contributed by atoms with E-state index in [1.54, 1.807) is 0 Å². The van der Waals surface area contributed by atoms with Crippen molar-refractivity contribution in [2.75, 3.05) is 0 Å². The van der Waals surface area contributed by atoms with E-state index in [9.17, 15) is 0 Å². The molecule has 1 radical (unpaired) electrons. The zero-order chi connectivity index (χ0) is 36.0. The van der Waals surface area contributed by atoms with E-state index in [0.717, 1.165) is 66.9 Å². The van der Waals surface area contributed by atoms with E-state index in [4.69, 9.17) is 10.8 Å². The number of imidazole rings is 1. The summed E-state index contributed by atoms with van der Waals surface area (Å²) < 4.78 is 18.3. The molecule has 52 heavy (non-hydrogen) atoms. The summed E-state index contributed by atoms with van der Waals surface area (Å²) in [6, 6.07) is 51.9. The van der Waals surface area contributed by atoms with Gasteiger partial charge in [0.25, 0.3) is 0 Å². The van der Waals surface area contributed by atoms with E-state index in [-0.39, 0.29) is 20.1 Å². The van der Waals surface area contributed by atoms with Crippen molar-refractivity contribution in [1.29, 1.82) is 0 Å². The third kappa shape index (κ3) is 6.65. The average Bonchev–Trinajstić information content (AvgIpc) is 3.73. The largest absolute Gasteiger partial charge is 0.501 e. The Morgan fingerprint density at radius 3 is 2.27 bits per heavy atom. The zero-order valence-corrected chi connectivity index (χ0v) is 34.4. The van der Waals surface area contributed by atoms with Gasteiger partial charge in [-0.1, -0.05) is 77.7 Å². The van der Waals surface area contributed by atoms with Crippen LogP contribution >= 0.6 is 0 Å². The number of fused-ring (bicyclic) bond motifs is 5. The molecule has 0 atom stereocenters. The predicted molar refractivity (Wildman–Crippen MR) is 216 cm³/mol. The molecule has 0 saturated heterocycles. The molecule has 4 nitrogen and oxygen atoms in total. The van der Waals surface area contributed by atoms with Gasteiger partial charge in [-0.15, -0.1) is 18.2 Å². The van der Waals surface area contributed by atoms with Gasteiger partial charge in [-0.3, -0.25) is 4.98 Å². The van der Waals surface area contributed by atoms with Gasteiger partial charge < -0.3 is 8.98 Å². The van der Waals surface area contributed by atoms with Crippen molar-refractivity contribution in [3.05, 3.63) is 157 Å². The normalized spacial score (nSPS) is 12.1. The minimum atomic E-state index is -2.03. The number of nitrogens with zero attached hydrogens (tertiary/aromatic N) is 3. The molecule has 0 bridgehead atoms. The van der Waals surface area contributed by atoms with Crippen LogP contribution in [0.4, 0.5) is 0 Å². The van der Waals surface area contributed by atoms with Gasteiger partial charge in [-0.2, -0.15) is 0 Å². The standard InChI is InChI=1S/C29H17N2O.C17H22GeN.Ir/c1-2-11-20-19(9-1)10-7-17-25(20)31-26-16-5-4-15-24(26)30-29(31)23-14-8-13-22-21-12-3-6-18-27(21)32-28(22)23;1-13(2)15-11-17(14-9-7-6-8-10-14)19-12-16(15)18(3,4)5;/h1-13,15-18H;6-9,11-13H,1-5H3;/q2*-1;/i;13D;. The van der Waals surface area contributed by atoms with Crippen molar-refractivity contribution >= 4 is 61.4 Å². The van der Waals surface area contributed by atoms with Gasteiger partial charge in [-0.05, 0) is 29.7 Å². The van der Waals surface area contributed by atoms with Gasteiger partial charge >= 0.3 is 120 Å². The maximum atomic E-state index is 8.44. The van der Waals surface area contributed by atoms with E-state index in [1.165, 1.54) is 15.2 Å². The molecule has 9 rings (SSSR count). The second-order valence-electron chi connectivity index (χ2n) is 14.1. The van der Waals surface area contributed by atoms with Crippen molar-refractivity contribution in [3.63, 3.8) is 0 Å². The Bertz CT molecular complexity index is 2720. The van der Waals surface area contributed by atoms with Gasteiger partial charge in [0, 0.05) is 36.6 Å². The van der Waals surface area contributed by atoms with Crippen LogP contribution in [0.3, 0.4) is 0 Å². The first-order valence-corrected chi connectivity index (χ1v) is 24.7. The van der Waals surface area contributed by atoms with Crippen molar-refractivity contribution in [2.45, 2.75) is 37.0 Å². The summed E-state index contributed by atoms with van der Waals surface area (Å²) in [4.78, 5) is 9.68. The van der Waals surface area contributed by atoms with Crippen LogP contribution in [-0.4, -0.2) is 27.8 Å². The Balaban J connectivity index is 0.000000180. The molecule has 0 N–H and O–H groups in total. The SMILES string of the molecule is [2H]C(C)(C)c1cc(-c2[c-]cccc2)nc[c]1[Ge]([CH3])([CH3])[CH3].[Ir].[c-]1ccc2c(oc3ccccc32)c1-c1nc2ccccc2n1-c1cccc2ccccc12. The number of benzene rings is 6. The quantitative estimate of drug-likeness (QED) is 0.128. The van der Waals surface area contributed by atoms with Crippen molar-refractivity contribution in [2.24, 2.45) is 0 Å². The van der Waals surface area contributed by atoms with Crippen LogP contribution < -0.4 is 4.40 Å². The number of rotatable bonds is 5. The third-order valence-corrected chi connectivity index (χ3v) is 13.6. The molecule has 6 aromatic carbocycles. The monoisotopic (exact) mass is 917 g/mol. The molecule has 0 aliphatic carbocycles. The summed E-state index contributed by atoms with van der Waals surface area (Å²) in [5, 5.41) is 4.55. The number of aromatic nitrogens is 3. The minimum Gasteiger partial charge on any atom is -0.501 e. The average molecular weight is 916 g/mol. The smallest absolute Gasteiger partial charge is 0.120 e. The van der Waals surface area contributed by atoms with Crippen LogP contribution in [0.15, 0.2) is 144 Å². The zero-order valence-electron chi connectivity index (χ0n) is 30.9. The number of furan rings is 1. The summed E-state index contributed by atoms with van der Waals surface area (Å²) in [5.41, 5.74) is 8.66. The molecular formula is C46H39GeIrN3O-2. The Kier molecular flexibility index (Phi) is 9.67. The third-order valence-electron chi connectivity index (χ3n) is 9.37. The van der Waals surface area contributed by atoms with Gasteiger partial charge in [0.2, 0.25) is 0 Å². The Hall–Kier alpha value is -4.81. The summed E-state index contributed by atoms with van der Waals surface area (Å²) in [5.74, 6) is 7.27. The van der Waals surface area contributed by atoms with Gasteiger partial charge in [0.05, 0.1) is 22.4 Å². The molecule has 0 unspecified atom stereocenters. The molecule has 0 aliphatic heterocycles. The summed E-state index contributed by atoms with van der Waals surface area (Å²) in [7, 11) is 0. The van der Waals surface area contributed by atoms with Crippen LogP contribution in [0.5, 0.6) is 0 Å². The number of hydrogen-bond donors (Lipinski definition) is 0. The fourth-order valence-electron chi connectivity index (χ4n) is 6.86. The summed E-state index contributed by atoms with van der Waals surface area (Å²) >= 11 is -2.03. The van der Waals surface area contributed by atoms with Crippen LogP contribution in [0, 0.1) is 12.1 Å². The Labute approximate surface area is 322 Å². The van der Waals surface area contributed by atoms with Gasteiger partial charge in [0.15, 0.2) is 0 Å². The molecule has 0 fully saturated rings. The van der Waals surface area contributed by atoms with Crippen LogP contribution in [-0.2, 0) is 20.1 Å². The van der Waals surface area contributed by atoms with Gasteiger partial charge in [0.1, 0.15) is 5.58 Å². The summed E-state index contributed by atoms with van der Waals surface area (Å²) in [6.07, 6.45) is 2.00. The fourth-order valence-corrected chi connectivity index (χ4v) is 10.2. The molecule has 0 spiro atoms. The van der Waals surface area contributed by atoms with Crippen LogP contribution in [0.2, 0.25) is 17.3 Å². The molecule has 9 aromatic rings. The molecule has 0 saturated carbocycles. The van der Waals surface area contributed by atoms with E-state index in [2.05, 4.69) is 118 Å². The molecule has 0 amide bonds. The summed E-state index contributed by atoms with van der Waals surface area (Å²) in [6.45, 7) is 3.91. The van der Waals surface area contributed by atoms with Gasteiger partial charge in [-0.25, -0.2) is 0 Å². The molecule has 6 heteroatoms. The molecule has 0 aliphatic rings. The van der Waals surface area contributed by atoms with E-state index >= 15 is 0 Å². The van der Waals surface area contributed by atoms with E-state index in [0.29, 0.717) is 0 Å². The first-order chi connectivity index (χ1) is 25.1. The molecule has 3 aromatic heterocycles. The van der Waals surface area contributed by atoms with Crippen LogP contribution in [0.1, 0.15) is 26.7 Å². The first kappa shape index (κ1) is 34.3. The number of pyridine rings is 1. The molecule has 259 valence electrons. The van der Waals surface area contributed by atoms with E-state index in [1.807, 2.05) is 74.6 Å². The second kappa shape index (κ2) is 14.7. The predicted octanol–water partition coefficient (Wildman–Crippen LogP) is 11.8. The maximum Gasteiger partial charge on any atom is 0.120 e. The van der Waals surface area contributed by atoms with Crippen molar-refractivity contribution in [3.8, 4) is 28.3 Å². The first-order valence-electron chi connectivity index (χ1n) is 17.8. The topological polar surface area (TPSA) is 43.9 Å². The number of hydrogen-bond acceptors (Lipinski definition) is 3. The molecule has 3 heterocycles. The second-order valence-corrected chi connectivity index (χ2v) is 24.7. The Morgan fingerprint density at radius 2 is 1.48 bits per heavy atom.